The second-order valence-corrected chi connectivity index (χ2v) is 5.72. The molecule has 1 fully saturated rings. The monoisotopic (exact) mass is 278 g/mol. The fourth-order valence-electron chi connectivity index (χ4n) is 2.56. The molecule has 1 atom stereocenters. The molecule has 0 aliphatic carbocycles. The second kappa shape index (κ2) is 6.99. The van der Waals surface area contributed by atoms with Crippen LogP contribution in [-0.4, -0.2) is 42.3 Å². The van der Waals surface area contributed by atoms with E-state index in [9.17, 15) is 0 Å². The Labute approximate surface area is 121 Å². The Kier molecular flexibility index (Phi) is 5.31. The summed E-state index contributed by atoms with van der Waals surface area (Å²) in [6, 6.07) is 0. The molecule has 1 saturated heterocycles. The van der Waals surface area contributed by atoms with Crippen LogP contribution in [0, 0.1) is 0 Å². The third-order valence-corrected chi connectivity index (χ3v) is 3.90. The van der Waals surface area contributed by atoms with E-state index in [2.05, 4.69) is 34.0 Å². The van der Waals surface area contributed by atoms with Gasteiger partial charge in [-0.05, 0) is 32.7 Å². The first kappa shape index (κ1) is 15.2. The molecule has 1 aromatic rings. The van der Waals surface area contributed by atoms with Crippen LogP contribution in [0.4, 0.5) is 5.82 Å². The van der Waals surface area contributed by atoms with Gasteiger partial charge in [0.15, 0.2) is 0 Å². The lowest BCUT2D eigenvalue weighted by Gasteiger charge is -2.39. The van der Waals surface area contributed by atoms with Crippen LogP contribution in [0.3, 0.4) is 0 Å². The van der Waals surface area contributed by atoms with Gasteiger partial charge in [-0.3, -0.25) is 4.98 Å². The molecule has 0 radical (unpaired) electrons. The first-order valence-corrected chi connectivity index (χ1v) is 7.48. The van der Waals surface area contributed by atoms with Gasteiger partial charge in [0, 0.05) is 26.7 Å². The topological polar surface area (TPSA) is 50.3 Å². The molecule has 20 heavy (non-hydrogen) atoms. The number of piperidine rings is 1. The Morgan fingerprint density at radius 2 is 2.25 bits per heavy atom. The van der Waals surface area contributed by atoms with Gasteiger partial charge < -0.3 is 15.0 Å². The number of rotatable bonds is 6. The van der Waals surface area contributed by atoms with Gasteiger partial charge in [-0.2, -0.15) is 0 Å². The van der Waals surface area contributed by atoms with Gasteiger partial charge in [0.1, 0.15) is 5.82 Å². The Morgan fingerprint density at radius 3 is 2.90 bits per heavy atom. The van der Waals surface area contributed by atoms with E-state index in [1.807, 2.05) is 12.4 Å². The highest BCUT2D eigenvalue weighted by atomic mass is 16.5. The molecule has 2 rings (SSSR count). The second-order valence-electron chi connectivity index (χ2n) is 5.72. The van der Waals surface area contributed by atoms with E-state index in [4.69, 9.17) is 4.74 Å². The van der Waals surface area contributed by atoms with Crippen LogP contribution in [0.15, 0.2) is 12.4 Å². The van der Waals surface area contributed by atoms with Crippen molar-refractivity contribution in [2.45, 2.75) is 45.3 Å². The molecule has 0 saturated carbocycles. The maximum Gasteiger partial charge on any atom is 0.147 e. The minimum absolute atomic E-state index is 0.0682. The normalized spacial score (nSPS) is 23.1. The zero-order valence-corrected chi connectivity index (χ0v) is 12.9. The van der Waals surface area contributed by atoms with Crippen molar-refractivity contribution in [3.63, 3.8) is 0 Å². The molecule has 112 valence electrons. The molecule has 0 amide bonds. The van der Waals surface area contributed by atoms with Gasteiger partial charge in [0.25, 0.3) is 0 Å². The first-order valence-electron chi connectivity index (χ1n) is 7.48. The SMILES string of the molecule is CCCNCc1cnc(N2CCCC(C)(OC)C2)cn1. The van der Waals surface area contributed by atoms with Crippen molar-refractivity contribution in [3.05, 3.63) is 18.1 Å². The average Bonchev–Trinajstić information content (AvgIpc) is 2.48. The third-order valence-electron chi connectivity index (χ3n) is 3.90. The maximum atomic E-state index is 5.62. The van der Waals surface area contributed by atoms with Gasteiger partial charge >= 0.3 is 0 Å². The summed E-state index contributed by atoms with van der Waals surface area (Å²) in [5, 5.41) is 3.34. The van der Waals surface area contributed by atoms with Crippen LogP contribution < -0.4 is 10.2 Å². The van der Waals surface area contributed by atoms with E-state index in [1.54, 1.807) is 7.11 Å². The third kappa shape index (κ3) is 3.90. The van der Waals surface area contributed by atoms with Crippen LogP contribution in [0.2, 0.25) is 0 Å². The fraction of sp³-hybridized carbons (Fsp3) is 0.733. The zero-order chi connectivity index (χ0) is 14.4. The van der Waals surface area contributed by atoms with E-state index in [0.29, 0.717) is 0 Å². The molecule has 2 heterocycles. The van der Waals surface area contributed by atoms with Crippen molar-refractivity contribution in [1.82, 2.24) is 15.3 Å². The summed E-state index contributed by atoms with van der Waals surface area (Å²) in [6.45, 7) is 8.03. The summed E-state index contributed by atoms with van der Waals surface area (Å²) in [5.74, 6) is 0.951. The number of hydrogen-bond donors (Lipinski definition) is 1. The number of ether oxygens (including phenoxy) is 1. The molecule has 1 N–H and O–H groups in total. The van der Waals surface area contributed by atoms with Crippen molar-refractivity contribution in [2.24, 2.45) is 0 Å². The van der Waals surface area contributed by atoms with Gasteiger partial charge in [0.2, 0.25) is 0 Å². The first-order chi connectivity index (χ1) is 9.67. The summed E-state index contributed by atoms with van der Waals surface area (Å²) in [7, 11) is 1.79. The van der Waals surface area contributed by atoms with Gasteiger partial charge in [-0.15, -0.1) is 0 Å². The van der Waals surface area contributed by atoms with Crippen molar-refractivity contribution in [2.75, 3.05) is 31.6 Å². The average molecular weight is 278 g/mol. The minimum atomic E-state index is -0.0682. The molecular weight excluding hydrogens is 252 g/mol. The van der Waals surface area contributed by atoms with Crippen LogP contribution in [0.25, 0.3) is 0 Å². The van der Waals surface area contributed by atoms with Crippen molar-refractivity contribution in [3.8, 4) is 0 Å². The molecule has 0 spiro atoms. The van der Waals surface area contributed by atoms with Gasteiger partial charge in [-0.25, -0.2) is 4.98 Å². The lowest BCUT2D eigenvalue weighted by Crippen LogP contribution is -2.47. The van der Waals surface area contributed by atoms with E-state index in [-0.39, 0.29) is 5.60 Å². The summed E-state index contributed by atoms with van der Waals surface area (Å²) >= 11 is 0. The predicted molar refractivity (Wildman–Crippen MR) is 80.9 cm³/mol. The maximum absolute atomic E-state index is 5.62. The molecule has 0 bridgehead atoms. The number of methoxy groups -OCH3 is 1. The Morgan fingerprint density at radius 1 is 1.40 bits per heavy atom. The van der Waals surface area contributed by atoms with E-state index < -0.39 is 0 Å². The van der Waals surface area contributed by atoms with Crippen LogP contribution in [0.1, 0.15) is 38.8 Å². The Bertz CT molecular complexity index is 409. The standard InChI is InChI=1S/C15H26N4O/c1-4-7-16-9-13-10-18-14(11-17-13)19-8-5-6-15(2,12-19)20-3/h10-11,16H,4-9,12H2,1-3H3. The summed E-state index contributed by atoms with van der Waals surface area (Å²) in [6.07, 6.45) is 7.12. The number of nitrogens with zero attached hydrogens (tertiary/aromatic N) is 3. The summed E-state index contributed by atoms with van der Waals surface area (Å²) in [4.78, 5) is 11.3. The molecule has 5 heteroatoms. The van der Waals surface area contributed by atoms with Crippen molar-refractivity contribution < 1.29 is 4.74 Å². The molecule has 1 unspecified atom stereocenters. The highest BCUT2D eigenvalue weighted by Gasteiger charge is 2.31. The van der Waals surface area contributed by atoms with Crippen molar-refractivity contribution in [1.29, 1.82) is 0 Å². The quantitative estimate of drug-likeness (QED) is 0.806. The molecule has 1 aromatic heterocycles. The lowest BCUT2D eigenvalue weighted by molar-refractivity contribution is -0.00482. The predicted octanol–water partition coefficient (Wildman–Crippen LogP) is 1.98. The van der Waals surface area contributed by atoms with Crippen LogP contribution >= 0.6 is 0 Å². The van der Waals surface area contributed by atoms with Gasteiger partial charge in [-0.1, -0.05) is 6.92 Å². The number of nitrogens with one attached hydrogen (secondary N) is 1. The van der Waals surface area contributed by atoms with Crippen molar-refractivity contribution >= 4 is 5.82 Å². The highest BCUT2D eigenvalue weighted by Crippen LogP contribution is 2.26. The number of hydrogen-bond acceptors (Lipinski definition) is 5. The molecule has 0 aromatic carbocycles. The number of anilines is 1. The smallest absolute Gasteiger partial charge is 0.147 e. The Balaban J connectivity index is 1.95. The summed E-state index contributed by atoms with van der Waals surface area (Å²) in [5.41, 5.74) is 0.926. The van der Waals surface area contributed by atoms with Gasteiger partial charge in [0.05, 0.1) is 23.7 Å². The van der Waals surface area contributed by atoms with E-state index in [0.717, 1.165) is 57.0 Å². The lowest BCUT2D eigenvalue weighted by atomic mass is 9.95. The largest absolute Gasteiger partial charge is 0.377 e. The molecule has 1 aliphatic heterocycles. The van der Waals surface area contributed by atoms with Crippen LogP contribution in [0.5, 0.6) is 0 Å². The fourth-order valence-corrected chi connectivity index (χ4v) is 2.56. The Hall–Kier alpha value is -1.20. The molecule has 5 nitrogen and oxygen atoms in total. The van der Waals surface area contributed by atoms with E-state index >= 15 is 0 Å². The summed E-state index contributed by atoms with van der Waals surface area (Å²) < 4.78 is 5.62. The molecular formula is C15H26N4O. The zero-order valence-electron chi connectivity index (χ0n) is 12.9. The minimum Gasteiger partial charge on any atom is -0.377 e. The van der Waals surface area contributed by atoms with Crippen LogP contribution in [-0.2, 0) is 11.3 Å². The van der Waals surface area contributed by atoms with E-state index in [1.165, 1.54) is 0 Å². The number of aromatic nitrogens is 2. The molecule has 1 aliphatic rings. The highest BCUT2D eigenvalue weighted by molar-refractivity contribution is 5.37.